The smallest absolute Gasteiger partial charge is 0.268 e. The fourth-order valence-electron chi connectivity index (χ4n) is 6.16. The van der Waals surface area contributed by atoms with Gasteiger partial charge in [-0.3, -0.25) is 8.98 Å². The SMILES string of the molecule is C=CC[C@]1(CS(=O)(=O)OC)C[C@H](c2cccc(Cl)c2)[C@@H](c2ccc(Cl)cc2)N([C@@H](CC)CN(C)S(=O)(=O)C2CC2)C1=O. The summed E-state index contributed by atoms with van der Waals surface area (Å²) in [5.74, 6) is -1.33. The second kappa shape index (κ2) is 13.0. The van der Waals surface area contributed by atoms with Crippen molar-refractivity contribution in [1.82, 2.24) is 9.21 Å². The first-order valence-electron chi connectivity index (χ1n) is 14.0. The Morgan fingerprint density at radius 1 is 1.10 bits per heavy atom. The number of carbonyl (C=O) groups is 1. The molecule has 1 aliphatic carbocycles. The molecule has 0 aromatic heterocycles. The molecule has 0 bridgehead atoms. The molecule has 1 saturated carbocycles. The molecule has 12 heteroatoms. The Morgan fingerprint density at radius 2 is 1.76 bits per heavy atom. The summed E-state index contributed by atoms with van der Waals surface area (Å²) in [6, 6.07) is 13.4. The van der Waals surface area contributed by atoms with E-state index >= 15 is 0 Å². The van der Waals surface area contributed by atoms with Crippen LogP contribution in [0.15, 0.2) is 61.2 Å². The van der Waals surface area contributed by atoms with Gasteiger partial charge in [-0.15, -0.1) is 6.58 Å². The van der Waals surface area contributed by atoms with Crippen molar-refractivity contribution in [3.63, 3.8) is 0 Å². The first-order chi connectivity index (χ1) is 19.8. The lowest BCUT2D eigenvalue weighted by atomic mass is 9.67. The Hall–Kier alpha value is -1.95. The number of hydrogen-bond donors (Lipinski definition) is 0. The fraction of sp³-hybridized carbons (Fsp3) is 0.500. The summed E-state index contributed by atoms with van der Waals surface area (Å²) in [7, 11) is -4.99. The van der Waals surface area contributed by atoms with E-state index in [9.17, 15) is 21.6 Å². The van der Waals surface area contributed by atoms with Gasteiger partial charge in [-0.2, -0.15) is 8.42 Å². The summed E-state index contributed by atoms with van der Waals surface area (Å²) in [6.45, 7) is 5.82. The first-order valence-corrected chi connectivity index (χ1v) is 17.8. The molecule has 2 aromatic rings. The lowest BCUT2D eigenvalue weighted by molar-refractivity contribution is -0.154. The largest absolute Gasteiger partial charge is 0.330 e. The molecular weight excluding hydrogens is 619 g/mol. The monoisotopic (exact) mass is 656 g/mol. The van der Waals surface area contributed by atoms with E-state index in [0.717, 1.165) is 18.2 Å². The number of piperidine rings is 1. The predicted molar refractivity (Wildman–Crippen MR) is 167 cm³/mol. The highest BCUT2D eigenvalue weighted by Gasteiger charge is 2.55. The van der Waals surface area contributed by atoms with Crippen LogP contribution in [-0.4, -0.2) is 69.7 Å². The topological polar surface area (TPSA) is 101 Å². The van der Waals surface area contributed by atoms with Crippen LogP contribution in [-0.2, 0) is 29.1 Å². The van der Waals surface area contributed by atoms with E-state index in [1.807, 2.05) is 37.3 Å². The van der Waals surface area contributed by atoms with Gasteiger partial charge in [-0.05, 0) is 67.5 Å². The average molecular weight is 658 g/mol. The zero-order valence-electron chi connectivity index (χ0n) is 24.1. The lowest BCUT2D eigenvalue weighted by Gasteiger charge is -2.53. The fourth-order valence-corrected chi connectivity index (χ4v) is 9.25. The van der Waals surface area contributed by atoms with Crippen LogP contribution in [0.25, 0.3) is 0 Å². The van der Waals surface area contributed by atoms with Crippen molar-refractivity contribution in [2.45, 2.75) is 62.3 Å². The molecule has 42 heavy (non-hydrogen) atoms. The van der Waals surface area contributed by atoms with E-state index in [4.69, 9.17) is 27.4 Å². The quantitative estimate of drug-likeness (QED) is 0.200. The number of amides is 1. The Bertz CT molecular complexity index is 1510. The van der Waals surface area contributed by atoms with Gasteiger partial charge < -0.3 is 4.90 Å². The third kappa shape index (κ3) is 6.89. The number of hydrogen-bond acceptors (Lipinski definition) is 6. The van der Waals surface area contributed by atoms with E-state index in [1.165, 1.54) is 4.31 Å². The van der Waals surface area contributed by atoms with Crippen molar-refractivity contribution >= 4 is 49.3 Å². The van der Waals surface area contributed by atoms with Gasteiger partial charge in [0.25, 0.3) is 10.1 Å². The van der Waals surface area contributed by atoms with Gasteiger partial charge in [0, 0.05) is 35.6 Å². The number of rotatable bonds is 13. The molecule has 4 atom stereocenters. The van der Waals surface area contributed by atoms with Crippen molar-refractivity contribution in [1.29, 1.82) is 0 Å². The first kappa shape index (κ1) is 33.0. The van der Waals surface area contributed by atoms with Crippen LogP contribution < -0.4 is 0 Å². The molecule has 2 fully saturated rings. The Labute approximate surface area is 259 Å². The van der Waals surface area contributed by atoms with Gasteiger partial charge in [0.2, 0.25) is 15.9 Å². The van der Waals surface area contributed by atoms with Crippen molar-refractivity contribution in [3.05, 3.63) is 82.4 Å². The molecule has 0 radical (unpaired) electrons. The zero-order chi connectivity index (χ0) is 30.9. The van der Waals surface area contributed by atoms with Gasteiger partial charge in [-0.25, -0.2) is 12.7 Å². The normalized spacial score (nSPS) is 24.1. The lowest BCUT2D eigenvalue weighted by Crippen LogP contribution is -2.60. The molecule has 0 spiro atoms. The summed E-state index contributed by atoms with van der Waals surface area (Å²) in [4.78, 5) is 16.6. The number of nitrogens with zero attached hydrogens (tertiary/aromatic N) is 2. The molecule has 1 saturated heterocycles. The number of likely N-dealkylation sites (tertiary alicyclic amines) is 1. The van der Waals surface area contributed by atoms with Crippen molar-refractivity contribution in [3.8, 4) is 0 Å². The minimum absolute atomic E-state index is 0.0641. The highest BCUT2D eigenvalue weighted by atomic mass is 35.5. The molecule has 1 aliphatic heterocycles. The number of likely N-dealkylation sites (N-methyl/N-ethyl adjacent to an activating group) is 1. The number of sulfonamides is 1. The minimum atomic E-state index is -4.08. The Kier molecular flexibility index (Phi) is 10.2. The number of allylic oxidation sites excluding steroid dienone is 1. The molecule has 8 nitrogen and oxygen atoms in total. The predicted octanol–water partition coefficient (Wildman–Crippen LogP) is 5.79. The molecule has 0 N–H and O–H groups in total. The molecular formula is C30H38Cl2N2O6S2. The van der Waals surface area contributed by atoms with Crippen LogP contribution in [0.4, 0.5) is 0 Å². The summed E-state index contributed by atoms with van der Waals surface area (Å²) >= 11 is 12.7. The molecule has 2 aromatic carbocycles. The summed E-state index contributed by atoms with van der Waals surface area (Å²) < 4.78 is 58.5. The van der Waals surface area contributed by atoms with Gasteiger partial charge in [0.05, 0.1) is 29.6 Å². The van der Waals surface area contributed by atoms with Gasteiger partial charge in [-0.1, -0.05) is 60.5 Å². The van der Waals surface area contributed by atoms with Crippen LogP contribution in [0.2, 0.25) is 10.0 Å². The maximum atomic E-state index is 14.8. The van der Waals surface area contributed by atoms with Crippen LogP contribution in [0.3, 0.4) is 0 Å². The highest BCUT2D eigenvalue weighted by Crippen LogP contribution is 2.53. The minimum Gasteiger partial charge on any atom is -0.330 e. The third-order valence-electron chi connectivity index (χ3n) is 8.42. The van der Waals surface area contributed by atoms with Crippen LogP contribution >= 0.6 is 23.2 Å². The van der Waals surface area contributed by atoms with Crippen molar-refractivity contribution in [2.75, 3.05) is 26.5 Å². The number of carbonyl (C=O) groups excluding carboxylic acids is 1. The Balaban J connectivity index is 1.94. The molecule has 2 aliphatic rings. The maximum absolute atomic E-state index is 14.8. The Morgan fingerprint density at radius 3 is 2.31 bits per heavy atom. The average Bonchev–Trinajstić information content (AvgIpc) is 3.80. The molecule has 1 amide bonds. The van der Waals surface area contributed by atoms with Crippen LogP contribution in [0, 0.1) is 5.41 Å². The third-order valence-corrected chi connectivity index (χ3v) is 12.7. The van der Waals surface area contributed by atoms with Crippen molar-refractivity contribution < 1.29 is 25.8 Å². The van der Waals surface area contributed by atoms with E-state index in [2.05, 4.69) is 6.58 Å². The molecule has 4 rings (SSSR count). The molecule has 230 valence electrons. The second-order valence-electron chi connectivity index (χ2n) is 11.3. The standard InChI is InChI=1S/C30H38Cl2N2O6S2/c1-5-16-30(20-41(36,37)40-4)18-27(22-8-7-9-24(32)17-22)28(21-10-12-23(31)13-11-21)34(29(30)35)25(6-2)19-33(3)42(38,39)26-14-15-26/h5,7-13,17,25-28H,1,6,14-16,18-20H2,2-4H3/t25-,27+,28+,30+/m0/s1. The summed E-state index contributed by atoms with van der Waals surface area (Å²) in [6.07, 6.45) is 3.49. The molecule has 1 heterocycles. The van der Waals surface area contributed by atoms with E-state index < -0.39 is 54.6 Å². The van der Waals surface area contributed by atoms with Gasteiger partial charge in [0.15, 0.2) is 0 Å². The summed E-state index contributed by atoms with van der Waals surface area (Å²) in [5.41, 5.74) is 0.219. The second-order valence-corrected chi connectivity index (χ2v) is 16.2. The van der Waals surface area contributed by atoms with Gasteiger partial charge in [0.1, 0.15) is 0 Å². The van der Waals surface area contributed by atoms with E-state index in [1.54, 1.807) is 36.2 Å². The van der Waals surface area contributed by atoms with Crippen LogP contribution in [0.5, 0.6) is 0 Å². The van der Waals surface area contributed by atoms with E-state index in [0.29, 0.717) is 29.3 Å². The van der Waals surface area contributed by atoms with Gasteiger partial charge >= 0.3 is 0 Å². The highest BCUT2D eigenvalue weighted by molar-refractivity contribution is 7.90. The number of halogens is 2. The molecule has 0 unspecified atom stereocenters. The van der Waals surface area contributed by atoms with Crippen LogP contribution in [0.1, 0.15) is 62.1 Å². The maximum Gasteiger partial charge on any atom is 0.268 e. The van der Waals surface area contributed by atoms with E-state index in [-0.39, 0.29) is 25.3 Å². The zero-order valence-corrected chi connectivity index (χ0v) is 27.2. The van der Waals surface area contributed by atoms with Crippen molar-refractivity contribution in [2.24, 2.45) is 5.41 Å². The number of benzene rings is 2. The summed E-state index contributed by atoms with van der Waals surface area (Å²) in [5, 5.41) is 0.628.